The summed E-state index contributed by atoms with van der Waals surface area (Å²) in [6.45, 7) is 12.3. The number of hydrogen-bond acceptors (Lipinski definition) is 13. The first kappa shape index (κ1) is 46.7. The molecule has 62 heavy (non-hydrogen) atoms. The van der Waals surface area contributed by atoms with E-state index >= 15 is 0 Å². The first-order valence-electron chi connectivity index (χ1n) is 20.8. The molecule has 0 aromatic carbocycles. The summed E-state index contributed by atoms with van der Waals surface area (Å²) in [4.78, 5) is 59.0. The van der Waals surface area contributed by atoms with E-state index in [0.29, 0.717) is 58.9 Å². The first-order chi connectivity index (χ1) is 30.1. The minimum atomic E-state index is -0.845. The molecule has 6 rings (SSSR count). The van der Waals surface area contributed by atoms with Crippen molar-refractivity contribution >= 4 is 11.9 Å². The molecule has 0 aliphatic carbocycles. The highest BCUT2D eigenvalue weighted by Crippen LogP contribution is 2.12. The molecule has 0 bridgehead atoms. The molecule has 0 radical (unpaired) electrons. The van der Waals surface area contributed by atoms with Gasteiger partial charge in [-0.2, -0.15) is 0 Å². The number of pyridine rings is 6. The summed E-state index contributed by atoms with van der Waals surface area (Å²) >= 11 is 0. The number of nitrogens with zero attached hydrogens (tertiary/aromatic N) is 10. The van der Waals surface area contributed by atoms with Crippen molar-refractivity contribution < 1.29 is 19.4 Å². The standard InChI is InChI=1S/C26H33N5O2.C22H25N5O2/c1-26(2,3)33-25(32)21-31(20-24-12-6-9-15-29-24)17-16-30(18-22-10-4-7-13-27-22)19-23-11-5-8-14-28-23;28-22(29)18-27(17-21-9-3-6-12-25-21)14-13-26(15-19-7-1-4-10-23-19)16-20-8-2-5-11-24-20/h4-15H,16-21H2,1-3H3;1-12H,13-18H2,(H,28,29). The van der Waals surface area contributed by atoms with E-state index in [9.17, 15) is 14.7 Å². The number of aliphatic carboxylic acids is 1. The van der Waals surface area contributed by atoms with Crippen molar-refractivity contribution in [2.45, 2.75) is 65.6 Å². The van der Waals surface area contributed by atoms with Crippen LogP contribution < -0.4 is 0 Å². The van der Waals surface area contributed by atoms with Crippen molar-refractivity contribution in [1.82, 2.24) is 49.5 Å². The fourth-order valence-corrected chi connectivity index (χ4v) is 6.49. The number of hydrogen-bond donors (Lipinski definition) is 1. The number of ether oxygens (including phenoxy) is 1. The Morgan fingerprint density at radius 2 is 0.694 bits per heavy atom. The molecule has 0 saturated heterocycles. The van der Waals surface area contributed by atoms with Crippen LogP contribution in [0.15, 0.2) is 146 Å². The second-order valence-electron chi connectivity index (χ2n) is 15.7. The Labute approximate surface area is 365 Å². The quantitative estimate of drug-likeness (QED) is 0.0775. The predicted molar refractivity (Wildman–Crippen MR) is 238 cm³/mol. The minimum absolute atomic E-state index is 0.0302. The van der Waals surface area contributed by atoms with Gasteiger partial charge in [-0.15, -0.1) is 0 Å². The van der Waals surface area contributed by atoms with Crippen molar-refractivity contribution in [2.24, 2.45) is 0 Å². The fraction of sp³-hybridized carbons (Fsp3) is 0.333. The van der Waals surface area contributed by atoms with Crippen molar-refractivity contribution in [3.63, 3.8) is 0 Å². The van der Waals surface area contributed by atoms with E-state index in [1.807, 2.05) is 147 Å². The minimum Gasteiger partial charge on any atom is -0.480 e. The van der Waals surface area contributed by atoms with E-state index in [1.165, 1.54) is 0 Å². The van der Waals surface area contributed by atoms with Gasteiger partial charge in [-0.25, -0.2) is 0 Å². The summed E-state index contributed by atoms with van der Waals surface area (Å²) in [6, 6.07) is 35.1. The molecule has 0 atom stereocenters. The van der Waals surface area contributed by atoms with Crippen LogP contribution in [0.5, 0.6) is 0 Å². The molecule has 0 aliphatic heterocycles. The topological polar surface area (TPSA) is 154 Å². The number of carboxylic acids is 1. The highest BCUT2D eigenvalue weighted by Gasteiger charge is 2.21. The van der Waals surface area contributed by atoms with Gasteiger partial charge < -0.3 is 9.84 Å². The van der Waals surface area contributed by atoms with Gasteiger partial charge in [-0.1, -0.05) is 36.4 Å². The van der Waals surface area contributed by atoms with Crippen LogP contribution in [0.25, 0.3) is 0 Å². The second-order valence-corrected chi connectivity index (χ2v) is 15.7. The summed E-state index contributed by atoms with van der Waals surface area (Å²) in [6.07, 6.45) is 10.7. The normalized spacial score (nSPS) is 11.4. The molecule has 0 unspecified atom stereocenters. The zero-order chi connectivity index (χ0) is 43.8. The lowest BCUT2D eigenvalue weighted by Gasteiger charge is -2.28. The van der Waals surface area contributed by atoms with Crippen LogP contribution in [-0.2, 0) is 53.6 Å². The highest BCUT2D eigenvalue weighted by molar-refractivity contribution is 5.72. The van der Waals surface area contributed by atoms with E-state index in [2.05, 4.69) is 44.6 Å². The van der Waals surface area contributed by atoms with E-state index in [1.54, 1.807) is 24.8 Å². The average Bonchev–Trinajstić information content (AvgIpc) is 3.26. The molecule has 0 amide bonds. The molecule has 0 fully saturated rings. The third-order valence-electron chi connectivity index (χ3n) is 9.27. The molecule has 0 aliphatic rings. The Balaban J connectivity index is 0.000000236. The lowest BCUT2D eigenvalue weighted by Crippen LogP contribution is -2.39. The summed E-state index contributed by atoms with van der Waals surface area (Å²) in [7, 11) is 0. The molecule has 0 saturated carbocycles. The number of carbonyl (C=O) groups excluding carboxylic acids is 1. The Morgan fingerprint density at radius 3 is 0.935 bits per heavy atom. The van der Waals surface area contributed by atoms with Crippen LogP contribution in [0.4, 0.5) is 0 Å². The van der Waals surface area contributed by atoms with Gasteiger partial charge in [-0.05, 0) is 93.6 Å². The van der Waals surface area contributed by atoms with Crippen LogP contribution in [0, 0.1) is 0 Å². The molecular formula is C48H58N10O4. The maximum absolute atomic E-state index is 12.6. The summed E-state index contributed by atoms with van der Waals surface area (Å²) in [5.74, 6) is -1.08. The lowest BCUT2D eigenvalue weighted by molar-refractivity contribution is -0.156. The smallest absolute Gasteiger partial charge is 0.320 e. The van der Waals surface area contributed by atoms with Gasteiger partial charge in [0.05, 0.1) is 47.3 Å². The second kappa shape index (κ2) is 25.5. The van der Waals surface area contributed by atoms with Crippen molar-refractivity contribution in [3.8, 4) is 0 Å². The Morgan fingerprint density at radius 1 is 0.435 bits per heavy atom. The van der Waals surface area contributed by atoms with Crippen LogP contribution in [-0.4, -0.2) is 111 Å². The number of aromatic nitrogens is 6. The Kier molecular flexibility index (Phi) is 19.2. The lowest BCUT2D eigenvalue weighted by atomic mass is 10.2. The number of rotatable bonds is 22. The largest absolute Gasteiger partial charge is 0.480 e. The number of carboxylic acid groups (broad SMARTS) is 1. The molecule has 6 aromatic heterocycles. The summed E-state index contributed by atoms with van der Waals surface area (Å²) < 4.78 is 5.57. The predicted octanol–water partition coefficient (Wildman–Crippen LogP) is 6.18. The monoisotopic (exact) mass is 838 g/mol. The summed E-state index contributed by atoms with van der Waals surface area (Å²) in [5.41, 5.74) is 5.19. The highest BCUT2D eigenvalue weighted by atomic mass is 16.6. The SMILES string of the molecule is CC(C)(C)OC(=O)CN(CCN(Cc1ccccn1)Cc1ccccn1)Cc1ccccn1.O=C(O)CN(CCN(Cc1ccccn1)Cc1ccccn1)Cc1ccccn1. The van der Waals surface area contributed by atoms with Gasteiger partial charge in [0.2, 0.25) is 0 Å². The molecular weight excluding hydrogens is 781 g/mol. The van der Waals surface area contributed by atoms with E-state index < -0.39 is 11.6 Å². The van der Waals surface area contributed by atoms with Crippen molar-refractivity contribution in [1.29, 1.82) is 0 Å². The fourth-order valence-electron chi connectivity index (χ4n) is 6.49. The number of carbonyl (C=O) groups is 2. The first-order valence-corrected chi connectivity index (χ1v) is 20.8. The van der Waals surface area contributed by atoms with E-state index in [4.69, 9.17) is 4.74 Å². The molecule has 6 aromatic rings. The maximum Gasteiger partial charge on any atom is 0.320 e. The van der Waals surface area contributed by atoms with Crippen molar-refractivity contribution in [3.05, 3.63) is 181 Å². The molecule has 14 heteroatoms. The van der Waals surface area contributed by atoms with Gasteiger partial charge >= 0.3 is 11.9 Å². The van der Waals surface area contributed by atoms with Crippen LogP contribution in [0.1, 0.15) is 54.9 Å². The van der Waals surface area contributed by atoms with Crippen LogP contribution >= 0.6 is 0 Å². The zero-order valence-electron chi connectivity index (χ0n) is 36.0. The van der Waals surface area contributed by atoms with Gasteiger partial charge in [0.25, 0.3) is 0 Å². The van der Waals surface area contributed by atoms with Gasteiger partial charge in [0, 0.05) is 103 Å². The molecule has 324 valence electrons. The van der Waals surface area contributed by atoms with Gasteiger partial charge in [0.1, 0.15) is 5.60 Å². The van der Waals surface area contributed by atoms with Gasteiger partial charge in [-0.3, -0.25) is 59.1 Å². The van der Waals surface area contributed by atoms with Crippen LogP contribution in [0.3, 0.4) is 0 Å². The molecule has 1 N–H and O–H groups in total. The van der Waals surface area contributed by atoms with E-state index in [0.717, 1.165) is 40.7 Å². The number of esters is 1. The zero-order valence-corrected chi connectivity index (χ0v) is 36.0. The van der Waals surface area contributed by atoms with Crippen LogP contribution in [0.2, 0.25) is 0 Å². The Bertz CT molecular complexity index is 2050. The van der Waals surface area contributed by atoms with E-state index in [-0.39, 0.29) is 19.1 Å². The third-order valence-corrected chi connectivity index (χ3v) is 9.27. The molecule has 6 heterocycles. The maximum atomic E-state index is 12.6. The molecule has 0 spiro atoms. The summed E-state index contributed by atoms with van der Waals surface area (Å²) in [5, 5.41) is 9.30. The third kappa shape index (κ3) is 18.9. The van der Waals surface area contributed by atoms with Crippen molar-refractivity contribution in [2.75, 3.05) is 39.3 Å². The van der Waals surface area contributed by atoms with Gasteiger partial charge in [0.15, 0.2) is 0 Å². The Hall–Kier alpha value is -6.32. The average molecular weight is 839 g/mol. The molecule has 14 nitrogen and oxygen atoms in total.